The molecule has 0 N–H and O–H groups in total. The van der Waals surface area contributed by atoms with Crippen LogP contribution in [0.4, 0.5) is 0 Å². The fourth-order valence-corrected chi connectivity index (χ4v) is 5.48. The quantitative estimate of drug-likeness (QED) is 0.535. The van der Waals surface area contributed by atoms with E-state index in [1.165, 1.54) is 12.8 Å². The van der Waals surface area contributed by atoms with Crippen LogP contribution in [0.3, 0.4) is 0 Å². The third-order valence-corrected chi connectivity index (χ3v) is 6.31. The highest BCUT2D eigenvalue weighted by Crippen LogP contribution is 2.51. The van der Waals surface area contributed by atoms with Gasteiger partial charge in [0.05, 0.1) is 0 Å². The van der Waals surface area contributed by atoms with E-state index in [1.54, 1.807) is 44.9 Å². The standard InChI is InChI=1S/C17H30/c1-12-6-8-16-14(10-12)4-3-5-15-11-13(2)7-9-17(15)16/h12-17H,3-11H2,1-2H3. The molecule has 0 nitrogen and oxygen atoms in total. The highest BCUT2D eigenvalue weighted by atomic mass is 14.5. The average molecular weight is 234 g/mol. The van der Waals surface area contributed by atoms with Gasteiger partial charge in [-0.2, -0.15) is 0 Å². The van der Waals surface area contributed by atoms with Crippen LogP contribution in [0.5, 0.6) is 0 Å². The summed E-state index contributed by atoms with van der Waals surface area (Å²) in [6, 6.07) is 0. The third-order valence-electron chi connectivity index (χ3n) is 6.31. The molecule has 3 fully saturated rings. The smallest absolute Gasteiger partial charge is 0.0355 e. The summed E-state index contributed by atoms with van der Waals surface area (Å²) in [5.41, 5.74) is 0. The summed E-state index contributed by atoms with van der Waals surface area (Å²) in [6.07, 6.45) is 14.0. The molecule has 3 saturated carbocycles. The lowest BCUT2D eigenvalue weighted by Crippen LogP contribution is -2.34. The summed E-state index contributed by atoms with van der Waals surface area (Å²) >= 11 is 0. The van der Waals surface area contributed by atoms with Crippen LogP contribution in [0, 0.1) is 35.5 Å². The molecule has 6 unspecified atom stereocenters. The minimum Gasteiger partial charge on any atom is -0.0625 e. The number of hydrogen-bond acceptors (Lipinski definition) is 0. The van der Waals surface area contributed by atoms with Crippen LogP contribution in [-0.4, -0.2) is 0 Å². The fourth-order valence-electron chi connectivity index (χ4n) is 5.48. The zero-order chi connectivity index (χ0) is 11.8. The average Bonchev–Trinajstić information content (AvgIpc) is 2.47. The highest BCUT2D eigenvalue weighted by Gasteiger charge is 2.41. The van der Waals surface area contributed by atoms with E-state index in [1.807, 2.05) is 0 Å². The molecule has 0 aliphatic heterocycles. The molecule has 6 atom stereocenters. The van der Waals surface area contributed by atoms with Gasteiger partial charge >= 0.3 is 0 Å². The van der Waals surface area contributed by atoms with Gasteiger partial charge < -0.3 is 0 Å². The zero-order valence-electron chi connectivity index (χ0n) is 11.8. The van der Waals surface area contributed by atoms with E-state index in [4.69, 9.17) is 0 Å². The van der Waals surface area contributed by atoms with Crippen molar-refractivity contribution in [3.05, 3.63) is 0 Å². The summed E-state index contributed by atoms with van der Waals surface area (Å²) in [5.74, 6) is 6.53. The summed E-state index contributed by atoms with van der Waals surface area (Å²) < 4.78 is 0. The van der Waals surface area contributed by atoms with Gasteiger partial charge in [0.15, 0.2) is 0 Å². The molecule has 0 bridgehead atoms. The molecule has 0 amide bonds. The predicted octanol–water partition coefficient (Wildman–Crippen LogP) is 5.28. The normalized spacial score (nSPS) is 51.2. The molecular formula is C17H30. The molecule has 0 radical (unpaired) electrons. The molecular weight excluding hydrogens is 204 g/mol. The molecule has 0 aromatic heterocycles. The van der Waals surface area contributed by atoms with Crippen LogP contribution in [0.1, 0.15) is 71.6 Å². The van der Waals surface area contributed by atoms with Gasteiger partial charge in [0.1, 0.15) is 0 Å². The van der Waals surface area contributed by atoms with Gasteiger partial charge in [0.2, 0.25) is 0 Å². The van der Waals surface area contributed by atoms with Crippen molar-refractivity contribution in [1.82, 2.24) is 0 Å². The van der Waals surface area contributed by atoms with Crippen molar-refractivity contribution in [1.29, 1.82) is 0 Å². The second-order valence-corrected chi connectivity index (χ2v) is 7.62. The Labute approximate surface area is 108 Å². The van der Waals surface area contributed by atoms with Gasteiger partial charge in [-0.15, -0.1) is 0 Å². The largest absolute Gasteiger partial charge is 0.0625 e. The van der Waals surface area contributed by atoms with Gasteiger partial charge in [-0.25, -0.2) is 0 Å². The van der Waals surface area contributed by atoms with Crippen molar-refractivity contribution in [3.8, 4) is 0 Å². The lowest BCUT2D eigenvalue weighted by molar-refractivity contribution is 0.0656. The molecule has 3 rings (SSSR count). The van der Waals surface area contributed by atoms with E-state index >= 15 is 0 Å². The summed E-state index contributed by atoms with van der Waals surface area (Å²) in [6.45, 7) is 4.98. The minimum absolute atomic E-state index is 1.02. The number of hydrogen-bond donors (Lipinski definition) is 0. The van der Waals surface area contributed by atoms with Gasteiger partial charge in [-0.05, 0) is 61.2 Å². The highest BCUT2D eigenvalue weighted by molar-refractivity contribution is 4.91. The van der Waals surface area contributed by atoms with E-state index in [-0.39, 0.29) is 0 Å². The van der Waals surface area contributed by atoms with Crippen molar-refractivity contribution in [2.75, 3.05) is 0 Å². The van der Waals surface area contributed by atoms with Crippen LogP contribution in [-0.2, 0) is 0 Å². The Morgan fingerprint density at radius 3 is 1.53 bits per heavy atom. The van der Waals surface area contributed by atoms with Crippen molar-refractivity contribution in [2.24, 2.45) is 35.5 Å². The maximum absolute atomic E-state index is 2.49. The fraction of sp³-hybridized carbons (Fsp3) is 1.00. The molecule has 0 heteroatoms. The Morgan fingerprint density at radius 1 is 0.588 bits per heavy atom. The zero-order valence-corrected chi connectivity index (χ0v) is 11.8. The molecule has 3 aliphatic carbocycles. The second kappa shape index (κ2) is 4.94. The molecule has 0 aromatic carbocycles. The summed E-state index contributed by atoms with van der Waals surface area (Å²) in [4.78, 5) is 0. The van der Waals surface area contributed by atoms with Crippen LogP contribution < -0.4 is 0 Å². The molecule has 0 aromatic rings. The van der Waals surface area contributed by atoms with Gasteiger partial charge in [-0.1, -0.05) is 46.0 Å². The maximum atomic E-state index is 2.49. The number of rotatable bonds is 0. The topological polar surface area (TPSA) is 0 Å². The van der Waals surface area contributed by atoms with Crippen LogP contribution in [0.25, 0.3) is 0 Å². The Morgan fingerprint density at radius 2 is 1.06 bits per heavy atom. The van der Waals surface area contributed by atoms with Crippen molar-refractivity contribution < 1.29 is 0 Å². The Balaban J connectivity index is 1.74. The maximum Gasteiger partial charge on any atom is -0.0355 e. The third kappa shape index (κ3) is 2.42. The molecule has 0 saturated heterocycles. The molecule has 0 spiro atoms. The lowest BCUT2D eigenvalue weighted by Gasteiger charge is -2.43. The molecule has 0 heterocycles. The Hall–Kier alpha value is 0. The second-order valence-electron chi connectivity index (χ2n) is 7.62. The Bertz CT molecular complexity index is 231. The molecule has 98 valence electrons. The van der Waals surface area contributed by atoms with Gasteiger partial charge in [-0.3, -0.25) is 0 Å². The van der Waals surface area contributed by atoms with Crippen LogP contribution in [0.15, 0.2) is 0 Å². The van der Waals surface area contributed by atoms with Gasteiger partial charge in [0, 0.05) is 0 Å². The SMILES string of the molecule is CC1CCC2C(CCCC3CC(C)CCC32)C1. The van der Waals surface area contributed by atoms with Crippen LogP contribution >= 0.6 is 0 Å². The molecule has 3 aliphatic rings. The first-order valence-corrected chi connectivity index (χ1v) is 8.24. The molecule has 17 heavy (non-hydrogen) atoms. The van der Waals surface area contributed by atoms with E-state index in [0.29, 0.717) is 0 Å². The first-order chi connectivity index (χ1) is 8.24. The number of fused-ring (bicyclic) bond motifs is 3. The van der Waals surface area contributed by atoms with E-state index in [0.717, 1.165) is 35.5 Å². The Kier molecular flexibility index (Phi) is 3.50. The monoisotopic (exact) mass is 234 g/mol. The van der Waals surface area contributed by atoms with E-state index < -0.39 is 0 Å². The van der Waals surface area contributed by atoms with Crippen LogP contribution in [0.2, 0.25) is 0 Å². The minimum atomic E-state index is 1.02. The van der Waals surface area contributed by atoms with Crippen molar-refractivity contribution in [2.45, 2.75) is 71.6 Å². The summed E-state index contributed by atoms with van der Waals surface area (Å²) in [5, 5.41) is 0. The van der Waals surface area contributed by atoms with Crippen molar-refractivity contribution >= 4 is 0 Å². The first-order valence-electron chi connectivity index (χ1n) is 8.24. The van der Waals surface area contributed by atoms with E-state index in [9.17, 15) is 0 Å². The van der Waals surface area contributed by atoms with Crippen molar-refractivity contribution in [3.63, 3.8) is 0 Å². The van der Waals surface area contributed by atoms with Gasteiger partial charge in [0.25, 0.3) is 0 Å². The predicted molar refractivity (Wildman–Crippen MR) is 73.8 cm³/mol. The summed E-state index contributed by atoms with van der Waals surface area (Å²) in [7, 11) is 0. The lowest BCUT2D eigenvalue weighted by atomic mass is 9.62. The first kappa shape index (κ1) is 12.1. The van der Waals surface area contributed by atoms with E-state index in [2.05, 4.69) is 13.8 Å².